The van der Waals surface area contributed by atoms with Crippen LogP contribution < -0.4 is 0 Å². The molecule has 0 atom stereocenters. The van der Waals surface area contributed by atoms with Gasteiger partial charge in [-0.05, 0) is 52.9 Å². The van der Waals surface area contributed by atoms with Crippen LogP contribution in [0.2, 0.25) is 0 Å². The Balaban J connectivity index is 1.22. The molecule has 0 unspecified atom stereocenters. The Morgan fingerprint density at radius 3 is 1.70 bits per heavy atom. The van der Waals surface area contributed by atoms with Crippen LogP contribution in [-0.2, 0) is 0 Å². The van der Waals surface area contributed by atoms with Crippen LogP contribution in [0.25, 0.3) is 105 Å². The summed E-state index contributed by atoms with van der Waals surface area (Å²) in [6.45, 7) is 0. The van der Waals surface area contributed by atoms with Crippen molar-refractivity contribution in [2.45, 2.75) is 0 Å². The smallest absolute Gasteiger partial charge is 0.164 e. The highest BCUT2D eigenvalue weighted by Crippen LogP contribution is 2.44. The van der Waals surface area contributed by atoms with E-state index in [1.165, 1.54) is 21.9 Å². The molecule has 5 nitrogen and oxygen atoms in total. The van der Waals surface area contributed by atoms with Gasteiger partial charge in [-0.3, -0.25) is 0 Å². The molecule has 0 saturated carbocycles. The second kappa shape index (κ2) is 12.1. The van der Waals surface area contributed by atoms with E-state index in [4.69, 9.17) is 19.4 Å². The van der Waals surface area contributed by atoms with Gasteiger partial charge in [-0.15, -0.1) is 0 Å². The molecule has 0 aliphatic carbocycles. The van der Waals surface area contributed by atoms with Crippen molar-refractivity contribution < 1.29 is 4.42 Å². The van der Waals surface area contributed by atoms with Gasteiger partial charge in [-0.1, -0.05) is 146 Å². The van der Waals surface area contributed by atoms with Crippen LogP contribution in [0.15, 0.2) is 186 Å². The van der Waals surface area contributed by atoms with E-state index >= 15 is 0 Å². The van der Waals surface area contributed by atoms with Crippen molar-refractivity contribution >= 4 is 54.5 Å². The highest BCUT2D eigenvalue weighted by atomic mass is 16.3. The van der Waals surface area contributed by atoms with E-state index in [9.17, 15) is 0 Å². The molecule has 0 spiro atoms. The van der Waals surface area contributed by atoms with Crippen LogP contribution in [0, 0.1) is 0 Å². The lowest BCUT2D eigenvalue weighted by molar-refractivity contribution is 0.672. The Kier molecular flexibility index (Phi) is 6.79. The zero-order chi connectivity index (χ0) is 35.6. The zero-order valence-electron chi connectivity index (χ0n) is 29.0. The Bertz CT molecular complexity index is 3140. The number of rotatable bonds is 5. The van der Waals surface area contributed by atoms with Crippen molar-refractivity contribution in [3.05, 3.63) is 182 Å². The maximum atomic E-state index is 6.91. The van der Waals surface area contributed by atoms with Crippen LogP contribution in [-0.4, -0.2) is 19.5 Å². The monoisotopic (exact) mass is 690 g/mol. The molecular formula is C49H30N4O. The lowest BCUT2D eigenvalue weighted by Crippen LogP contribution is -2.01. The molecule has 11 rings (SSSR count). The van der Waals surface area contributed by atoms with E-state index in [1.54, 1.807) is 0 Å². The molecule has 3 aromatic heterocycles. The fourth-order valence-electron chi connectivity index (χ4n) is 7.98. The summed E-state index contributed by atoms with van der Waals surface area (Å²) in [5.41, 5.74) is 10.1. The van der Waals surface area contributed by atoms with Crippen molar-refractivity contribution in [1.82, 2.24) is 19.5 Å². The molecule has 0 bridgehead atoms. The zero-order valence-corrected chi connectivity index (χ0v) is 29.0. The van der Waals surface area contributed by atoms with E-state index in [-0.39, 0.29) is 0 Å². The van der Waals surface area contributed by atoms with Gasteiger partial charge in [0, 0.05) is 43.6 Å². The number of aromatic nitrogens is 4. The maximum Gasteiger partial charge on any atom is 0.164 e. The van der Waals surface area contributed by atoms with Gasteiger partial charge >= 0.3 is 0 Å². The highest BCUT2D eigenvalue weighted by molar-refractivity contribution is 6.23. The molecule has 0 fully saturated rings. The van der Waals surface area contributed by atoms with Crippen LogP contribution in [0.3, 0.4) is 0 Å². The Hall–Kier alpha value is -7.37. The molecule has 11 aromatic rings. The van der Waals surface area contributed by atoms with Gasteiger partial charge in [-0.2, -0.15) is 0 Å². The number of fused-ring (bicyclic) bond motifs is 8. The Morgan fingerprint density at radius 1 is 0.389 bits per heavy atom. The van der Waals surface area contributed by atoms with Crippen molar-refractivity contribution in [1.29, 1.82) is 0 Å². The van der Waals surface area contributed by atoms with Crippen molar-refractivity contribution in [3.63, 3.8) is 0 Å². The summed E-state index contributed by atoms with van der Waals surface area (Å²) >= 11 is 0. The van der Waals surface area contributed by atoms with Gasteiger partial charge in [0.15, 0.2) is 17.5 Å². The van der Waals surface area contributed by atoms with Crippen molar-refractivity contribution in [2.24, 2.45) is 0 Å². The fraction of sp³-hybridized carbons (Fsp3) is 0. The topological polar surface area (TPSA) is 56.7 Å². The minimum atomic E-state index is 0.594. The average Bonchev–Trinajstić information content (AvgIpc) is 3.80. The van der Waals surface area contributed by atoms with Gasteiger partial charge in [0.1, 0.15) is 11.2 Å². The van der Waals surface area contributed by atoms with Gasteiger partial charge in [-0.25, -0.2) is 15.0 Å². The molecule has 0 radical (unpaired) electrons. The van der Waals surface area contributed by atoms with Crippen molar-refractivity contribution in [2.75, 3.05) is 0 Å². The van der Waals surface area contributed by atoms with E-state index < -0.39 is 0 Å². The highest BCUT2D eigenvalue weighted by Gasteiger charge is 2.23. The third kappa shape index (κ3) is 4.76. The molecule has 0 aliphatic heterocycles. The second-order valence-electron chi connectivity index (χ2n) is 13.6. The largest absolute Gasteiger partial charge is 0.455 e. The van der Waals surface area contributed by atoms with E-state index in [0.717, 1.165) is 66.1 Å². The van der Waals surface area contributed by atoms with Crippen LogP contribution >= 0.6 is 0 Å². The first kappa shape index (κ1) is 30.3. The molecule has 0 N–H and O–H groups in total. The number of furan rings is 1. The van der Waals surface area contributed by atoms with Gasteiger partial charge < -0.3 is 8.98 Å². The van der Waals surface area contributed by atoms with E-state index in [0.29, 0.717) is 17.5 Å². The molecule has 8 aromatic carbocycles. The summed E-state index contributed by atoms with van der Waals surface area (Å²) in [5, 5.41) is 6.45. The normalized spacial score (nSPS) is 11.7. The summed E-state index contributed by atoms with van der Waals surface area (Å²) in [4.78, 5) is 15.3. The summed E-state index contributed by atoms with van der Waals surface area (Å²) < 4.78 is 9.30. The Morgan fingerprint density at radius 2 is 0.981 bits per heavy atom. The molecule has 0 amide bonds. The quantitative estimate of drug-likeness (QED) is 0.180. The minimum absolute atomic E-state index is 0.594. The lowest BCUT2D eigenvalue weighted by atomic mass is 9.98. The van der Waals surface area contributed by atoms with E-state index in [1.807, 2.05) is 72.8 Å². The SMILES string of the molecule is c1ccc(-c2ccc3c(c2)c2ccccc2n3-c2cccc3cc(-c4nc(-c5ccccc5)nc(-c5ccccc5)n4)c4c5ccccc5oc4c23)cc1. The molecule has 0 saturated heterocycles. The molecule has 0 aliphatic rings. The van der Waals surface area contributed by atoms with Crippen LogP contribution in [0.4, 0.5) is 0 Å². The summed E-state index contributed by atoms with van der Waals surface area (Å²) in [5.74, 6) is 1.83. The van der Waals surface area contributed by atoms with Gasteiger partial charge in [0.25, 0.3) is 0 Å². The lowest BCUT2D eigenvalue weighted by Gasteiger charge is -2.14. The fourth-order valence-corrected chi connectivity index (χ4v) is 7.98. The predicted molar refractivity (Wildman–Crippen MR) is 221 cm³/mol. The molecule has 5 heteroatoms. The third-order valence-electron chi connectivity index (χ3n) is 10.4. The summed E-state index contributed by atoms with van der Waals surface area (Å²) in [6, 6.07) is 63.2. The van der Waals surface area contributed by atoms with E-state index in [2.05, 4.69) is 114 Å². The first-order valence-electron chi connectivity index (χ1n) is 18.1. The van der Waals surface area contributed by atoms with Crippen LogP contribution in [0.5, 0.6) is 0 Å². The van der Waals surface area contributed by atoms with Crippen molar-refractivity contribution in [3.8, 4) is 51.0 Å². The molecule has 3 heterocycles. The number of hydrogen-bond acceptors (Lipinski definition) is 4. The Labute approximate surface area is 310 Å². The molecule has 252 valence electrons. The van der Waals surface area contributed by atoms with Gasteiger partial charge in [0.05, 0.1) is 16.7 Å². The number of hydrogen-bond donors (Lipinski definition) is 0. The third-order valence-corrected chi connectivity index (χ3v) is 10.4. The standard InChI is InChI=1S/C49H30N4O/c1-4-15-31(16-5-1)34-27-28-41-38(29-34)36-22-10-12-24-40(36)53(41)42-25-14-21-35-30-39(45-37-23-11-13-26-43(37)54-46(45)44(35)42)49-51-47(32-17-6-2-7-18-32)50-48(52-49)33-19-8-3-9-20-33/h1-30H. The first-order chi connectivity index (χ1) is 26.8. The number of benzene rings is 8. The average molecular weight is 691 g/mol. The number of nitrogens with zero attached hydrogens (tertiary/aromatic N) is 4. The molecular weight excluding hydrogens is 661 g/mol. The first-order valence-corrected chi connectivity index (χ1v) is 18.1. The van der Waals surface area contributed by atoms with Crippen LogP contribution in [0.1, 0.15) is 0 Å². The summed E-state index contributed by atoms with van der Waals surface area (Å²) in [7, 11) is 0. The molecule has 54 heavy (non-hydrogen) atoms. The minimum Gasteiger partial charge on any atom is -0.455 e. The van der Waals surface area contributed by atoms with Gasteiger partial charge in [0.2, 0.25) is 0 Å². The summed E-state index contributed by atoms with van der Waals surface area (Å²) in [6.07, 6.45) is 0. The second-order valence-corrected chi connectivity index (χ2v) is 13.6. The number of para-hydroxylation sites is 2. The predicted octanol–water partition coefficient (Wildman–Crippen LogP) is 12.7. The maximum absolute atomic E-state index is 6.91.